The Bertz CT molecular complexity index is 917. The molecule has 8 heteroatoms. The summed E-state index contributed by atoms with van der Waals surface area (Å²) < 4.78 is 32.9. The van der Waals surface area contributed by atoms with Crippen LogP contribution in [-0.4, -0.2) is 35.2 Å². The van der Waals surface area contributed by atoms with Gasteiger partial charge in [0, 0.05) is 18.0 Å². The topological polar surface area (TPSA) is 93.4 Å². The lowest BCUT2D eigenvalue weighted by molar-refractivity contribution is 0.101. The first-order valence-corrected chi connectivity index (χ1v) is 9.87. The van der Waals surface area contributed by atoms with E-state index in [4.69, 9.17) is 4.52 Å². The molecule has 1 saturated carbocycles. The quantitative estimate of drug-likeness (QED) is 0.760. The summed E-state index contributed by atoms with van der Waals surface area (Å²) in [6, 6.07) is 5.71. The summed E-state index contributed by atoms with van der Waals surface area (Å²) in [7, 11) is -3.73. The van der Waals surface area contributed by atoms with E-state index in [1.165, 1.54) is 23.4 Å². The Morgan fingerprint density at radius 3 is 2.80 bits per heavy atom. The monoisotopic (exact) mass is 361 g/mol. The van der Waals surface area contributed by atoms with E-state index < -0.39 is 16.1 Å². The molecular formula is C17H19N3O4S. The second-order valence-electron chi connectivity index (χ2n) is 6.62. The van der Waals surface area contributed by atoms with Crippen LogP contribution in [0.25, 0.3) is 0 Å². The molecule has 0 amide bonds. The Balaban J connectivity index is 1.66. The summed E-state index contributed by atoms with van der Waals surface area (Å²) in [4.78, 5) is 16.1. The molecule has 1 atom stereocenters. The Morgan fingerprint density at radius 2 is 2.08 bits per heavy atom. The first-order chi connectivity index (χ1) is 12.0. The van der Waals surface area contributed by atoms with Gasteiger partial charge in [-0.2, -0.15) is 9.29 Å². The van der Waals surface area contributed by atoms with Gasteiger partial charge >= 0.3 is 0 Å². The molecule has 4 rings (SSSR count). The fraction of sp³-hybridized carbons (Fsp3) is 0.471. The van der Waals surface area contributed by atoms with E-state index in [1.54, 1.807) is 12.1 Å². The third kappa shape index (κ3) is 3.00. The van der Waals surface area contributed by atoms with Crippen LogP contribution in [0.1, 0.15) is 66.6 Å². The molecular weight excluding hydrogens is 342 g/mol. The molecule has 0 spiro atoms. The second kappa shape index (κ2) is 6.03. The number of carbonyl (C=O) groups excluding carboxylic acids is 1. The van der Waals surface area contributed by atoms with Gasteiger partial charge in [-0.1, -0.05) is 17.3 Å². The highest BCUT2D eigenvalue weighted by molar-refractivity contribution is 7.89. The highest BCUT2D eigenvalue weighted by atomic mass is 32.2. The van der Waals surface area contributed by atoms with E-state index in [9.17, 15) is 13.2 Å². The molecule has 0 bridgehead atoms. The zero-order valence-corrected chi connectivity index (χ0v) is 14.7. The van der Waals surface area contributed by atoms with E-state index in [2.05, 4.69) is 10.1 Å². The standard InChI is InChI=1S/C17H19N3O4S/c1-11(21)13-4-2-5-14(10-13)25(22,23)20-9-3-6-15(20)17-18-16(19-24-17)12-7-8-12/h2,4-5,10,12,15H,3,6-9H2,1H3. The molecule has 1 aromatic heterocycles. The normalized spacial score (nSPS) is 21.6. The molecule has 0 N–H and O–H groups in total. The number of ketones is 1. The SMILES string of the molecule is CC(=O)c1cccc(S(=O)(=O)N2CCCC2c2nc(C3CC3)no2)c1. The fourth-order valence-corrected chi connectivity index (χ4v) is 4.87. The number of benzene rings is 1. The number of hydrogen-bond donors (Lipinski definition) is 0. The fourth-order valence-electron chi connectivity index (χ4n) is 3.18. The maximum atomic E-state index is 13.1. The Kier molecular flexibility index (Phi) is 3.96. The van der Waals surface area contributed by atoms with Crippen molar-refractivity contribution in [3.63, 3.8) is 0 Å². The summed E-state index contributed by atoms with van der Waals surface area (Å²) in [5.74, 6) is 1.24. The Morgan fingerprint density at radius 1 is 1.28 bits per heavy atom. The van der Waals surface area contributed by atoms with Crippen LogP contribution in [0.5, 0.6) is 0 Å². The lowest BCUT2D eigenvalue weighted by Crippen LogP contribution is -2.31. The zero-order chi connectivity index (χ0) is 17.6. The number of hydrogen-bond acceptors (Lipinski definition) is 6. The first-order valence-electron chi connectivity index (χ1n) is 8.43. The second-order valence-corrected chi connectivity index (χ2v) is 8.51. The molecule has 25 heavy (non-hydrogen) atoms. The highest BCUT2D eigenvalue weighted by Crippen LogP contribution is 2.40. The molecule has 132 valence electrons. The lowest BCUT2D eigenvalue weighted by atomic mass is 10.2. The molecule has 0 radical (unpaired) electrons. The number of Topliss-reactive ketones (excluding diaryl/α,β-unsaturated/α-hetero) is 1. The molecule has 7 nitrogen and oxygen atoms in total. The van der Waals surface area contributed by atoms with Gasteiger partial charge in [-0.15, -0.1) is 0 Å². The molecule has 1 saturated heterocycles. The third-order valence-corrected chi connectivity index (χ3v) is 6.64. The maximum absolute atomic E-state index is 13.1. The largest absolute Gasteiger partial charge is 0.338 e. The summed E-state index contributed by atoms with van der Waals surface area (Å²) in [5, 5.41) is 4.00. The predicted molar refractivity (Wildman–Crippen MR) is 88.6 cm³/mol. The van der Waals surface area contributed by atoms with Gasteiger partial charge in [0.25, 0.3) is 0 Å². The van der Waals surface area contributed by atoms with Crippen LogP contribution in [0.15, 0.2) is 33.7 Å². The van der Waals surface area contributed by atoms with Crippen LogP contribution < -0.4 is 0 Å². The smallest absolute Gasteiger partial charge is 0.245 e. The van der Waals surface area contributed by atoms with Crippen LogP contribution in [0.3, 0.4) is 0 Å². The molecule has 2 heterocycles. The molecule has 1 aromatic carbocycles. The summed E-state index contributed by atoms with van der Waals surface area (Å²) >= 11 is 0. The minimum absolute atomic E-state index is 0.119. The minimum atomic E-state index is -3.73. The maximum Gasteiger partial charge on any atom is 0.245 e. The zero-order valence-electron chi connectivity index (χ0n) is 13.9. The average molecular weight is 361 g/mol. The van der Waals surface area contributed by atoms with E-state index in [0.717, 1.165) is 19.3 Å². The lowest BCUT2D eigenvalue weighted by Gasteiger charge is -2.21. The number of rotatable bonds is 5. The van der Waals surface area contributed by atoms with Crippen molar-refractivity contribution in [1.82, 2.24) is 14.4 Å². The van der Waals surface area contributed by atoms with Crippen LogP contribution in [-0.2, 0) is 10.0 Å². The molecule has 1 aliphatic heterocycles. The average Bonchev–Trinajstić information content (AvgIpc) is 3.12. The van der Waals surface area contributed by atoms with Gasteiger partial charge in [0.2, 0.25) is 15.9 Å². The van der Waals surface area contributed by atoms with Crippen molar-refractivity contribution in [1.29, 1.82) is 0 Å². The number of carbonyl (C=O) groups is 1. The van der Waals surface area contributed by atoms with Crippen LogP contribution in [0, 0.1) is 0 Å². The van der Waals surface area contributed by atoms with Gasteiger partial charge < -0.3 is 4.52 Å². The van der Waals surface area contributed by atoms with Gasteiger partial charge in [0.1, 0.15) is 6.04 Å². The number of aromatic nitrogens is 2. The van der Waals surface area contributed by atoms with Crippen molar-refractivity contribution in [2.24, 2.45) is 0 Å². The molecule has 2 fully saturated rings. The van der Waals surface area contributed by atoms with Crippen molar-refractivity contribution in [3.05, 3.63) is 41.5 Å². The van der Waals surface area contributed by atoms with E-state index >= 15 is 0 Å². The van der Waals surface area contributed by atoms with Gasteiger partial charge in [0.05, 0.1) is 4.90 Å². The number of sulfonamides is 1. The summed E-state index contributed by atoms with van der Waals surface area (Å²) in [6.45, 7) is 1.82. The van der Waals surface area contributed by atoms with Crippen molar-refractivity contribution in [2.45, 2.75) is 49.5 Å². The Hall–Kier alpha value is -2.06. The summed E-state index contributed by atoms with van der Waals surface area (Å²) in [5.41, 5.74) is 0.380. The van der Waals surface area contributed by atoms with Gasteiger partial charge in [-0.25, -0.2) is 8.42 Å². The molecule has 1 unspecified atom stereocenters. The van der Waals surface area contributed by atoms with Gasteiger partial charge in [-0.3, -0.25) is 4.79 Å². The van der Waals surface area contributed by atoms with Crippen molar-refractivity contribution in [2.75, 3.05) is 6.54 Å². The Labute approximate surface area is 146 Å². The van der Waals surface area contributed by atoms with Crippen LogP contribution in [0.4, 0.5) is 0 Å². The van der Waals surface area contributed by atoms with Gasteiger partial charge in [-0.05, 0) is 44.7 Å². The highest BCUT2D eigenvalue weighted by Gasteiger charge is 2.40. The van der Waals surface area contributed by atoms with Crippen molar-refractivity contribution >= 4 is 15.8 Å². The number of nitrogens with zero attached hydrogens (tertiary/aromatic N) is 3. The van der Waals surface area contributed by atoms with E-state index in [-0.39, 0.29) is 10.7 Å². The summed E-state index contributed by atoms with van der Waals surface area (Å²) in [6.07, 6.45) is 3.50. The van der Waals surface area contributed by atoms with E-state index in [0.29, 0.717) is 36.2 Å². The van der Waals surface area contributed by atoms with Gasteiger partial charge in [0.15, 0.2) is 11.6 Å². The predicted octanol–water partition coefficient (Wildman–Crippen LogP) is 2.68. The minimum Gasteiger partial charge on any atom is -0.338 e. The van der Waals surface area contributed by atoms with Crippen molar-refractivity contribution < 1.29 is 17.7 Å². The van der Waals surface area contributed by atoms with Crippen LogP contribution in [0.2, 0.25) is 0 Å². The van der Waals surface area contributed by atoms with E-state index in [1.807, 2.05) is 0 Å². The molecule has 2 aromatic rings. The molecule has 1 aliphatic carbocycles. The third-order valence-electron chi connectivity index (χ3n) is 4.74. The van der Waals surface area contributed by atoms with Crippen molar-refractivity contribution in [3.8, 4) is 0 Å². The van der Waals surface area contributed by atoms with Crippen LogP contribution >= 0.6 is 0 Å². The first kappa shape index (κ1) is 16.4. The molecule has 2 aliphatic rings.